The van der Waals surface area contributed by atoms with Gasteiger partial charge >= 0.3 is 0 Å². The van der Waals surface area contributed by atoms with Crippen LogP contribution in [0.2, 0.25) is 0 Å². The summed E-state index contributed by atoms with van der Waals surface area (Å²) in [6.45, 7) is 7.63. The molecule has 0 aromatic heterocycles. The van der Waals surface area contributed by atoms with Gasteiger partial charge in [-0.05, 0) is 40.0 Å². The number of hydrogen-bond donors (Lipinski definition) is 0. The molecule has 2 aliphatic heterocycles. The van der Waals surface area contributed by atoms with Gasteiger partial charge in [-0.1, -0.05) is 24.5 Å². The molecule has 17 heavy (non-hydrogen) atoms. The molecule has 3 fully saturated rings. The Bertz CT molecular complexity index is 339. The molecular weight excluding hydrogens is 212 g/mol. The van der Waals surface area contributed by atoms with E-state index in [-0.39, 0.29) is 11.2 Å². The van der Waals surface area contributed by atoms with Crippen LogP contribution < -0.4 is 0 Å². The molecule has 2 nitrogen and oxygen atoms in total. The first kappa shape index (κ1) is 11.7. The highest BCUT2D eigenvalue weighted by Gasteiger charge is 2.53. The van der Waals surface area contributed by atoms with E-state index in [1.165, 1.54) is 31.3 Å². The third-order valence-electron chi connectivity index (χ3n) is 4.86. The van der Waals surface area contributed by atoms with E-state index in [0.717, 1.165) is 13.0 Å². The zero-order chi connectivity index (χ0) is 12.1. The molecule has 96 valence electrons. The van der Waals surface area contributed by atoms with Crippen LogP contribution in [0.25, 0.3) is 0 Å². The van der Waals surface area contributed by atoms with Crippen molar-refractivity contribution >= 4 is 0 Å². The van der Waals surface area contributed by atoms with Crippen molar-refractivity contribution in [1.82, 2.24) is 0 Å². The molecule has 1 aliphatic carbocycles. The van der Waals surface area contributed by atoms with Crippen molar-refractivity contribution < 1.29 is 9.47 Å². The summed E-state index contributed by atoms with van der Waals surface area (Å²) >= 11 is 0. The lowest BCUT2D eigenvalue weighted by atomic mass is 9.75. The van der Waals surface area contributed by atoms with Crippen molar-refractivity contribution in [2.75, 3.05) is 6.61 Å². The maximum Gasteiger partial charge on any atom is 0.0981 e. The Kier molecular flexibility index (Phi) is 2.64. The molecule has 0 aromatic rings. The lowest BCUT2D eigenvalue weighted by Crippen LogP contribution is -2.29. The van der Waals surface area contributed by atoms with Crippen molar-refractivity contribution in [3.63, 3.8) is 0 Å². The van der Waals surface area contributed by atoms with Gasteiger partial charge in [0, 0.05) is 5.92 Å². The fourth-order valence-corrected chi connectivity index (χ4v) is 3.39. The van der Waals surface area contributed by atoms with Gasteiger partial charge in [0.2, 0.25) is 0 Å². The first-order chi connectivity index (χ1) is 8.04. The average molecular weight is 236 g/mol. The lowest BCUT2D eigenvalue weighted by molar-refractivity contribution is 0.181. The SMILES string of the molecule is C/C(=C\C[C@@H]1OC1(C)C)C1CCCC[C@]12CO2. The van der Waals surface area contributed by atoms with E-state index >= 15 is 0 Å². The Balaban J connectivity index is 1.61. The Labute approximate surface area is 104 Å². The van der Waals surface area contributed by atoms with Crippen LogP contribution in [0, 0.1) is 5.92 Å². The molecule has 0 aromatic carbocycles. The van der Waals surface area contributed by atoms with E-state index in [9.17, 15) is 0 Å². The summed E-state index contributed by atoms with van der Waals surface area (Å²) in [5.74, 6) is 0.679. The highest BCUT2D eigenvalue weighted by atomic mass is 16.6. The Morgan fingerprint density at radius 2 is 2.06 bits per heavy atom. The van der Waals surface area contributed by atoms with Crippen LogP contribution in [0.4, 0.5) is 0 Å². The Morgan fingerprint density at radius 3 is 2.65 bits per heavy atom. The molecular formula is C15H24O2. The number of hydrogen-bond acceptors (Lipinski definition) is 2. The van der Waals surface area contributed by atoms with Gasteiger partial charge in [-0.2, -0.15) is 0 Å². The number of epoxide rings is 2. The second kappa shape index (κ2) is 3.83. The Hall–Kier alpha value is -0.340. The summed E-state index contributed by atoms with van der Waals surface area (Å²) < 4.78 is 11.4. The second-order valence-corrected chi connectivity index (χ2v) is 6.55. The molecule has 2 heteroatoms. The first-order valence-corrected chi connectivity index (χ1v) is 7.02. The van der Waals surface area contributed by atoms with Gasteiger partial charge in [0.25, 0.3) is 0 Å². The predicted molar refractivity (Wildman–Crippen MR) is 68.0 cm³/mol. The summed E-state index contributed by atoms with van der Waals surface area (Å²) in [5.41, 5.74) is 1.91. The van der Waals surface area contributed by atoms with Gasteiger partial charge < -0.3 is 9.47 Å². The summed E-state index contributed by atoms with van der Waals surface area (Å²) in [6, 6.07) is 0. The lowest BCUT2D eigenvalue weighted by Gasteiger charge is -2.29. The van der Waals surface area contributed by atoms with Crippen LogP contribution in [0.3, 0.4) is 0 Å². The van der Waals surface area contributed by atoms with Crippen molar-refractivity contribution in [2.24, 2.45) is 5.92 Å². The van der Waals surface area contributed by atoms with E-state index in [1.807, 2.05) is 0 Å². The van der Waals surface area contributed by atoms with Gasteiger partial charge in [-0.15, -0.1) is 0 Å². The van der Waals surface area contributed by atoms with Gasteiger partial charge in [0.1, 0.15) is 0 Å². The van der Waals surface area contributed by atoms with E-state index in [2.05, 4.69) is 26.8 Å². The first-order valence-electron chi connectivity index (χ1n) is 7.02. The number of ether oxygens (including phenoxy) is 2. The van der Waals surface area contributed by atoms with E-state index in [1.54, 1.807) is 0 Å². The molecule has 1 saturated carbocycles. The summed E-state index contributed by atoms with van der Waals surface area (Å²) in [4.78, 5) is 0. The standard InChI is InChI=1S/C15H24O2/c1-11(7-8-13-14(2,3)17-13)12-6-4-5-9-15(12)10-16-15/h7,12-13H,4-6,8-10H2,1-3H3/b11-7+/t12?,13-,15-/m0/s1. The normalized spacial score (nSPS) is 43.8. The summed E-state index contributed by atoms with van der Waals surface area (Å²) in [5, 5.41) is 0. The zero-order valence-electron chi connectivity index (χ0n) is 11.3. The van der Waals surface area contributed by atoms with Crippen LogP contribution in [0.5, 0.6) is 0 Å². The van der Waals surface area contributed by atoms with Gasteiger partial charge in [-0.25, -0.2) is 0 Å². The zero-order valence-corrected chi connectivity index (χ0v) is 11.3. The third-order valence-corrected chi connectivity index (χ3v) is 4.86. The molecule has 1 unspecified atom stereocenters. The van der Waals surface area contributed by atoms with Crippen molar-refractivity contribution in [2.45, 2.75) is 70.2 Å². The second-order valence-electron chi connectivity index (χ2n) is 6.55. The summed E-state index contributed by atoms with van der Waals surface area (Å²) in [6.07, 6.45) is 9.22. The van der Waals surface area contributed by atoms with E-state index in [0.29, 0.717) is 12.0 Å². The van der Waals surface area contributed by atoms with E-state index < -0.39 is 0 Å². The maximum atomic E-state index is 5.76. The third kappa shape index (κ3) is 2.17. The molecule has 0 amide bonds. The predicted octanol–water partition coefficient (Wildman–Crippen LogP) is 3.46. The largest absolute Gasteiger partial charge is 0.369 e. The fourth-order valence-electron chi connectivity index (χ4n) is 3.39. The fraction of sp³-hybridized carbons (Fsp3) is 0.867. The van der Waals surface area contributed by atoms with Gasteiger partial charge in [0.15, 0.2) is 0 Å². The molecule has 3 rings (SSSR count). The Morgan fingerprint density at radius 1 is 1.35 bits per heavy atom. The van der Waals surface area contributed by atoms with Crippen LogP contribution >= 0.6 is 0 Å². The summed E-state index contributed by atoms with van der Waals surface area (Å²) in [7, 11) is 0. The molecule has 0 bridgehead atoms. The van der Waals surface area contributed by atoms with Crippen LogP contribution in [-0.4, -0.2) is 23.9 Å². The van der Waals surface area contributed by atoms with Crippen LogP contribution in [-0.2, 0) is 9.47 Å². The monoisotopic (exact) mass is 236 g/mol. The molecule has 2 heterocycles. The topological polar surface area (TPSA) is 25.1 Å². The quantitative estimate of drug-likeness (QED) is 0.554. The van der Waals surface area contributed by atoms with Gasteiger partial charge in [0.05, 0.1) is 23.9 Å². The molecule has 0 radical (unpaired) electrons. The van der Waals surface area contributed by atoms with Gasteiger partial charge in [-0.3, -0.25) is 0 Å². The minimum absolute atomic E-state index is 0.122. The molecule has 0 N–H and O–H groups in total. The average Bonchev–Trinajstić information content (AvgIpc) is 3.16. The maximum absolute atomic E-state index is 5.76. The van der Waals surface area contributed by atoms with Crippen molar-refractivity contribution in [3.05, 3.63) is 11.6 Å². The van der Waals surface area contributed by atoms with Crippen molar-refractivity contribution in [3.8, 4) is 0 Å². The van der Waals surface area contributed by atoms with Crippen LogP contribution in [0.15, 0.2) is 11.6 Å². The highest BCUT2D eigenvalue weighted by Crippen LogP contribution is 2.49. The smallest absolute Gasteiger partial charge is 0.0981 e. The minimum Gasteiger partial charge on any atom is -0.369 e. The minimum atomic E-state index is 0.122. The molecule has 1 spiro atoms. The molecule has 3 aliphatic rings. The number of rotatable bonds is 3. The van der Waals surface area contributed by atoms with E-state index in [4.69, 9.17) is 9.47 Å². The highest BCUT2D eigenvalue weighted by molar-refractivity contribution is 5.17. The van der Waals surface area contributed by atoms with Crippen LogP contribution in [0.1, 0.15) is 52.9 Å². The van der Waals surface area contributed by atoms with Crippen molar-refractivity contribution in [1.29, 1.82) is 0 Å². The molecule has 2 saturated heterocycles. The molecule has 3 atom stereocenters.